The van der Waals surface area contributed by atoms with E-state index >= 15 is 0 Å². The number of hydrogen-bond acceptors (Lipinski definition) is 6. The fourth-order valence-corrected chi connectivity index (χ4v) is 2.91. The molecule has 0 spiro atoms. The van der Waals surface area contributed by atoms with Gasteiger partial charge in [-0.2, -0.15) is 0 Å². The highest BCUT2D eigenvalue weighted by Crippen LogP contribution is 2.40. The molecule has 0 unspecified atom stereocenters. The molecule has 3 aromatic carbocycles. The van der Waals surface area contributed by atoms with Crippen molar-refractivity contribution in [3.63, 3.8) is 0 Å². The maximum Gasteiger partial charge on any atom is 0.170 e. The molecule has 0 amide bonds. The summed E-state index contributed by atoms with van der Waals surface area (Å²) in [5.74, 6) is 3.62. The Labute approximate surface area is 175 Å². The van der Waals surface area contributed by atoms with Crippen molar-refractivity contribution in [2.75, 3.05) is 39.6 Å². The van der Waals surface area contributed by atoms with Gasteiger partial charge in [-0.25, -0.2) is 0 Å². The molecule has 0 atom stereocenters. The van der Waals surface area contributed by atoms with Gasteiger partial charge in [-0.3, -0.25) is 0 Å². The average Bonchev–Trinajstić information content (AvgIpc) is 2.78. The van der Waals surface area contributed by atoms with Crippen molar-refractivity contribution < 1.29 is 28.4 Å². The molecule has 6 heteroatoms. The van der Waals surface area contributed by atoms with E-state index in [-0.39, 0.29) is 0 Å². The van der Waals surface area contributed by atoms with Gasteiger partial charge in [-0.1, -0.05) is 36.4 Å². The van der Waals surface area contributed by atoms with Gasteiger partial charge in [0.15, 0.2) is 34.5 Å². The van der Waals surface area contributed by atoms with Gasteiger partial charge in [-0.15, -0.1) is 0 Å². The normalized spacial score (nSPS) is 15.3. The largest absolute Gasteiger partial charge is 0.487 e. The van der Waals surface area contributed by atoms with E-state index in [0.717, 1.165) is 0 Å². The van der Waals surface area contributed by atoms with Crippen LogP contribution in [0.15, 0.2) is 72.8 Å². The molecule has 156 valence electrons. The van der Waals surface area contributed by atoms with E-state index in [4.69, 9.17) is 28.4 Å². The molecule has 1 aliphatic rings. The summed E-state index contributed by atoms with van der Waals surface area (Å²) >= 11 is 0. The van der Waals surface area contributed by atoms with E-state index in [1.165, 1.54) is 0 Å². The summed E-state index contributed by atoms with van der Waals surface area (Å²) in [5.41, 5.74) is 0. The standard InChI is InChI=1S/C24H24O6/c1-3-9-21-19(7-1)27-17-15-25-13-14-26-16-18-28-20-8-2-4-10-22(20)30-24-12-6-5-11-23(24)29-21/h1-12H,13-18H2. The number of fused-ring (bicyclic) bond motifs is 3. The monoisotopic (exact) mass is 408 g/mol. The predicted molar refractivity (Wildman–Crippen MR) is 112 cm³/mol. The van der Waals surface area contributed by atoms with Crippen molar-refractivity contribution in [2.24, 2.45) is 0 Å². The fraction of sp³-hybridized carbons (Fsp3) is 0.250. The predicted octanol–water partition coefficient (Wildman–Crippen LogP) is 5.08. The van der Waals surface area contributed by atoms with Crippen LogP contribution in [0.3, 0.4) is 0 Å². The first-order valence-electron chi connectivity index (χ1n) is 9.94. The zero-order valence-corrected chi connectivity index (χ0v) is 16.6. The second kappa shape index (κ2) is 10.5. The molecule has 30 heavy (non-hydrogen) atoms. The van der Waals surface area contributed by atoms with Gasteiger partial charge >= 0.3 is 0 Å². The molecule has 0 saturated heterocycles. The van der Waals surface area contributed by atoms with Crippen molar-refractivity contribution in [3.8, 4) is 34.5 Å². The molecule has 0 N–H and O–H groups in total. The zero-order valence-electron chi connectivity index (χ0n) is 16.6. The van der Waals surface area contributed by atoms with Gasteiger partial charge in [0.1, 0.15) is 13.2 Å². The second-order valence-electron chi connectivity index (χ2n) is 6.47. The Kier molecular flexibility index (Phi) is 7.04. The number of para-hydroxylation sites is 6. The van der Waals surface area contributed by atoms with Crippen molar-refractivity contribution in [1.82, 2.24) is 0 Å². The van der Waals surface area contributed by atoms with Crippen LogP contribution in [0.4, 0.5) is 0 Å². The first-order chi connectivity index (χ1) is 14.9. The molecular formula is C24H24O6. The van der Waals surface area contributed by atoms with Gasteiger partial charge < -0.3 is 28.4 Å². The first-order valence-corrected chi connectivity index (χ1v) is 9.94. The Morgan fingerprint density at radius 3 is 1.07 bits per heavy atom. The average molecular weight is 408 g/mol. The van der Waals surface area contributed by atoms with Crippen LogP contribution in [0, 0.1) is 0 Å². The summed E-state index contributed by atoms with van der Waals surface area (Å²) in [6.45, 7) is 2.73. The summed E-state index contributed by atoms with van der Waals surface area (Å²) < 4.78 is 35.1. The van der Waals surface area contributed by atoms with E-state index in [0.29, 0.717) is 74.1 Å². The lowest BCUT2D eigenvalue weighted by molar-refractivity contribution is 0.0269. The van der Waals surface area contributed by atoms with Gasteiger partial charge in [0.2, 0.25) is 0 Å². The quantitative estimate of drug-likeness (QED) is 0.517. The van der Waals surface area contributed by atoms with Crippen molar-refractivity contribution in [2.45, 2.75) is 0 Å². The molecule has 3 aromatic rings. The zero-order chi connectivity index (χ0) is 20.4. The molecule has 0 aromatic heterocycles. The maximum absolute atomic E-state index is 6.15. The number of hydrogen-bond donors (Lipinski definition) is 0. The van der Waals surface area contributed by atoms with Gasteiger partial charge in [0.25, 0.3) is 0 Å². The van der Waals surface area contributed by atoms with Crippen LogP contribution in [0.25, 0.3) is 0 Å². The minimum Gasteiger partial charge on any atom is -0.487 e. The lowest BCUT2D eigenvalue weighted by Crippen LogP contribution is -2.13. The molecule has 6 nitrogen and oxygen atoms in total. The highest BCUT2D eigenvalue weighted by molar-refractivity contribution is 5.50. The summed E-state index contributed by atoms with van der Waals surface area (Å²) in [5, 5.41) is 0. The molecule has 0 radical (unpaired) electrons. The molecule has 0 saturated carbocycles. The van der Waals surface area contributed by atoms with Crippen LogP contribution in [0.1, 0.15) is 0 Å². The topological polar surface area (TPSA) is 55.4 Å². The number of benzene rings is 3. The maximum atomic E-state index is 6.15. The smallest absolute Gasteiger partial charge is 0.170 e. The lowest BCUT2D eigenvalue weighted by atomic mass is 10.3. The molecule has 1 heterocycles. The lowest BCUT2D eigenvalue weighted by Gasteiger charge is -2.17. The van der Waals surface area contributed by atoms with E-state index in [9.17, 15) is 0 Å². The minimum atomic E-state index is 0.412. The van der Waals surface area contributed by atoms with Crippen LogP contribution < -0.4 is 18.9 Å². The third-order valence-electron chi connectivity index (χ3n) is 4.33. The first kappa shape index (κ1) is 20.1. The highest BCUT2D eigenvalue weighted by Gasteiger charge is 2.13. The molecule has 0 aliphatic carbocycles. The molecule has 1 aliphatic heterocycles. The number of rotatable bonds is 0. The Morgan fingerprint density at radius 2 is 0.667 bits per heavy atom. The van der Waals surface area contributed by atoms with Gasteiger partial charge in [-0.05, 0) is 36.4 Å². The van der Waals surface area contributed by atoms with Gasteiger partial charge in [0.05, 0.1) is 26.4 Å². The molecular weight excluding hydrogens is 384 g/mol. The van der Waals surface area contributed by atoms with Crippen molar-refractivity contribution in [1.29, 1.82) is 0 Å². The SMILES string of the molecule is c1ccc2c(c1)OCCOCCOCCOc1ccccc1Oc1ccccc1O2. The molecule has 0 fully saturated rings. The third kappa shape index (κ3) is 5.43. The fourth-order valence-electron chi connectivity index (χ4n) is 2.91. The van der Waals surface area contributed by atoms with E-state index in [1.807, 2.05) is 72.8 Å². The highest BCUT2D eigenvalue weighted by atomic mass is 16.6. The Morgan fingerprint density at radius 1 is 0.367 bits per heavy atom. The van der Waals surface area contributed by atoms with Crippen LogP contribution in [-0.4, -0.2) is 39.6 Å². The second-order valence-corrected chi connectivity index (χ2v) is 6.47. The summed E-state index contributed by atoms with van der Waals surface area (Å²) in [4.78, 5) is 0. The van der Waals surface area contributed by atoms with Crippen LogP contribution in [0.5, 0.6) is 34.5 Å². The van der Waals surface area contributed by atoms with Crippen molar-refractivity contribution in [3.05, 3.63) is 72.8 Å². The number of ether oxygens (including phenoxy) is 6. The Bertz CT molecular complexity index is 866. The minimum absolute atomic E-state index is 0.412. The van der Waals surface area contributed by atoms with E-state index < -0.39 is 0 Å². The molecule has 0 bridgehead atoms. The summed E-state index contributed by atoms with van der Waals surface area (Å²) in [6, 6.07) is 22.5. The Hall–Kier alpha value is -3.22. The molecule has 4 rings (SSSR count). The van der Waals surface area contributed by atoms with Crippen LogP contribution >= 0.6 is 0 Å². The van der Waals surface area contributed by atoms with Crippen LogP contribution in [0.2, 0.25) is 0 Å². The van der Waals surface area contributed by atoms with Crippen molar-refractivity contribution >= 4 is 0 Å². The van der Waals surface area contributed by atoms with Gasteiger partial charge in [0, 0.05) is 0 Å². The van der Waals surface area contributed by atoms with E-state index in [1.54, 1.807) is 0 Å². The summed E-state index contributed by atoms with van der Waals surface area (Å²) in [7, 11) is 0. The van der Waals surface area contributed by atoms with Crippen LogP contribution in [-0.2, 0) is 9.47 Å². The Balaban J connectivity index is 1.62. The van der Waals surface area contributed by atoms with E-state index in [2.05, 4.69) is 0 Å². The third-order valence-corrected chi connectivity index (χ3v) is 4.33. The summed E-state index contributed by atoms with van der Waals surface area (Å²) in [6.07, 6.45) is 0.